The van der Waals surface area contributed by atoms with E-state index in [9.17, 15) is 14.4 Å². The number of pyridine rings is 1. The van der Waals surface area contributed by atoms with Gasteiger partial charge in [-0.3, -0.25) is 14.9 Å². The number of rotatable bonds is 1. The molecule has 2 aliphatic rings. The molecule has 21 heavy (non-hydrogen) atoms. The molecule has 4 amide bonds. The summed E-state index contributed by atoms with van der Waals surface area (Å²) in [6.45, 7) is 0.433. The summed E-state index contributed by atoms with van der Waals surface area (Å²) < 4.78 is 0. The standard InChI is InChI=1S/C12H10Cl2N4O3/c13-7-4-15-8(14)3-6(7)9(19)18-2-1-12(5-18)10(20)16-11(21)17-12/h3-4H,1-2,5H2,(H2,16,17,20,21). The molecular formula is C12H10Cl2N4O3. The minimum atomic E-state index is -1.05. The largest absolute Gasteiger partial charge is 0.336 e. The van der Waals surface area contributed by atoms with E-state index in [1.807, 2.05) is 0 Å². The Labute approximate surface area is 129 Å². The van der Waals surface area contributed by atoms with E-state index >= 15 is 0 Å². The average Bonchev–Trinajstić information content (AvgIpc) is 2.97. The van der Waals surface area contributed by atoms with Crippen LogP contribution in [0.25, 0.3) is 0 Å². The first-order chi connectivity index (χ1) is 9.91. The van der Waals surface area contributed by atoms with Crippen LogP contribution < -0.4 is 10.6 Å². The van der Waals surface area contributed by atoms with Crippen LogP contribution >= 0.6 is 23.2 Å². The molecule has 9 heteroatoms. The fourth-order valence-electron chi connectivity index (χ4n) is 2.55. The first-order valence-corrected chi connectivity index (χ1v) is 6.91. The minimum absolute atomic E-state index is 0.0969. The lowest BCUT2D eigenvalue weighted by Crippen LogP contribution is -2.49. The van der Waals surface area contributed by atoms with E-state index in [1.165, 1.54) is 17.2 Å². The van der Waals surface area contributed by atoms with Gasteiger partial charge in [-0.1, -0.05) is 23.2 Å². The van der Waals surface area contributed by atoms with Crippen molar-refractivity contribution in [2.24, 2.45) is 0 Å². The van der Waals surface area contributed by atoms with Crippen molar-refractivity contribution >= 4 is 41.0 Å². The zero-order chi connectivity index (χ0) is 15.2. The van der Waals surface area contributed by atoms with Gasteiger partial charge in [0.2, 0.25) is 0 Å². The predicted octanol–water partition coefficient (Wildman–Crippen LogP) is 0.812. The second kappa shape index (κ2) is 4.85. The van der Waals surface area contributed by atoms with Gasteiger partial charge < -0.3 is 10.2 Å². The molecule has 0 saturated carbocycles. The van der Waals surface area contributed by atoms with E-state index in [2.05, 4.69) is 15.6 Å². The third-order valence-corrected chi connectivity index (χ3v) is 4.13. The maximum Gasteiger partial charge on any atom is 0.322 e. The molecule has 1 atom stereocenters. The molecule has 0 aromatic carbocycles. The Bertz CT molecular complexity index is 666. The second-order valence-electron chi connectivity index (χ2n) is 4.95. The van der Waals surface area contributed by atoms with Crippen molar-refractivity contribution in [1.29, 1.82) is 0 Å². The molecule has 0 aliphatic carbocycles. The zero-order valence-electron chi connectivity index (χ0n) is 10.7. The zero-order valence-corrected chi connectivity index (χ0v) is 12.2. The number of urea groups is 1. The summed E-state index contributed by atoms with van der Waals surface area (Å²) >= 11 is 11.7. The highest BCUT2D eigenvalue weighted by Gasteiger charge is 2.51. The Hall–Kier alpha value is -1.86. The molecule has 7 nitrogen and oxygen atoms in total. The van der Waals surface area contributed by atoms with Gasteiger partial charge in [0.05, 0.1) is 17.1 Å². The molecular weight excluding hydrogens is 319 g/mol. The number of imide groups is 1. The number of nitrogens with zero attached hydrogens (tertiary/aromatic N) is 2. The first kappa shape index (κ1) is 14.1. The van der Waals surface area contributed by atoms with Gasteiger partial charge in [-0.05, 0) is 12.5 Å². The number of aromatic nitrogens is 1. The third-order valence-electron chi connectivity index (χ3n) is 3.62. The summed E-state index contributed by atoms with van der Waals surface area (Å²) in [4.78, 5) is 40.8. The van der Waals surface area contributed by atoms with Crippen LogP contribution in [-0.4, -0.2) is 46.4 Å². The minimum Gasteiger partial charge on any atom is -0.336 e. The van der Waals surface area contributed by atoms with E-state index in [-0.39, 0.29) is 28.2 Å². The average molecular weight is 329 g/mol. The van der Waals surface area contributed by atoms with Crippen molar-refractivity contribution in [2.75, 3.05) is 13.1 Å². The van der Waals surface area contributed by atoms with Gasteiger partial charge in [0, 0.05) is 12.7 Å². The molecule has 1 spiro atoms. The van der Waals surface area contributed by atoms with E-state index in [4.69, 9.17) is 23.2 Å². The molecule has 2 N–H and O–H groups in total. The van der Waals surface area contributed by atoms with Gasteiger partial charge >= 0.3 is 6.03 Å². The van der Waals surface area contributed by atoms with Gasteiger partial charge in [0.1, 0.15) is 10.7 Å². The highest BCUT2D eigenvalue weighted by molar-refractivity contribution is 6.35. The Morgan fingerprint density at radius 2 is 2.14 bits per heavy atom. The summed E-state index contributed by atoms with van der Waals surface area (Å²) in [5.41, 5.74) is -0.825. The fourth-order valence-corrected chi connectivity index (χ4v) is 2.89. The van der Waals surface area contributed by atoms with Crippen LogP contribution in [0.1, 0.15) is 16.8 Å². The monoisotopic (exact) mass is 328 g/mol. The number of hydrogen-bond acceptors (Lipinski definition) is 4. The lowest BCUT2D eigenvalue weighted by molar-refractivity contribution is -0.123. The van der Waals surface area contributed by atoms with E-state index in [0.717, 1.165) is 0 Å². The maximum atomic E-state index is 12.5. The molecule has 3 rings (SSSR count). The molecule has 2 fully saturated rings. The Kier molecular flexibility index (Phi) is 3.26. The van der Waals surface area contributed by atoms with Crippen LogP contribution in [0.2, 0.25) is 10.2 Å². The van der Waals surface area contributed by atoms with Crippen LogP contribution in [0.15, 0.2) is 12.3 Å². The molecule has 1 aromatic rings. The van der Waals surface area contributed by atoms with Crippen molar-refractivity contribution in [2.45, 2.75) is 12.0 Å². The van der Waals surface area contributed by atoms with Crippen LogP contribution in [0.4, 0.5) is 4.79 Å². The molecule has 110 valence electrons. The van der Waals surface area contributed by atoms with Crippen molar-refractivity contribution in [1.82, 2.24) is 20.5 Å². The smallest absolute Gasteiger partial charge is 0.322 e. The van der Waals surface area contributed by atoms with Crippen LogP contribution in [0, 0.1) is 0 Å². The van der Waals surface area contributed by atoms with E-state index in [1.54, 1.807) is 0 Å². The number of carbonyl (C=O) groups excluding carboxylic acids is 3. The summed E-state index contributed by atoms with van der Waals surface area (Å²) in [7, 11) is 0. The Morgan fingerprint density at radius 1 is 1.38 bits per heavy atom. The van der Waals surface area contributed by atoms with Crippen molar-refractivity contribution < 1.29 is 14.4 Å². The maximum absolute atomic E-state index is 12.5. The summed E-state index contributed by atoms with van der Waals surface area (Å²) in [5.74, 6) is -0.767. The third kappa shape index (κ3) is 2.32. The number of carbonyl (C=O) groups is 3. The molecule has 0 radical (unpaired) electrons. The van der Waals surface area contributed by atoms with Crippen LogP contribution in [0.5, 0.6) is 0 Å². The lowest BCUT2D eigenvalue weighted by atomic mass is 9.99. The summed E-state index contributed by atoms with van der Waals surface area (Å²) in [6.07, 6.45) is 1.65. The van der Waals surface area contributed by atoms with E-state index < -0.39 is 17.5 Å². The summed E-state index contributed by atoms with van der Waals surface area (Å²) in [6, 6.07) is 0.837. The highest BCUT2D eigenvalue weighted by atomic mass is 35.5. The van der Waals surface area contributed by atoms with Gasteiger partial charge in [-0.15, -0.1) is 0 Å². The molecule has 1 aromatic heterocycles. The Balaban J connectivity index is 1.83. The van der Waals surface area contributed by atoms with Gasteiger partial charge in [0.15, 0.2) is 0 Å². The highest BCUT2D eigenvalue weighted by Crippen LogP contribution is 2.28. The second-order valence-corrected chi connectivity index (χ2v) is 5.75. The van der Waals surface area contributed by atoms with E-state index in [0.29, 0.717) is 13.0 Å². The number of hydrogen-bond donors (Lipinski definition) is 2. The number of amides is 4. The normalized spacial score (nSPS) is 24.4. The van der Waals surface area contributed by atoms with Gasteiger partial charge in [0.25, 0.3) is 11.8 Å². The Morgan fingerprint density at radius 3 is 2.81 bits per heavy atom. The van der Waals surface area contributed by atoms with Crippen LogP contribution in [0.3, 0.4) is 0 Å². The van der Waals surface area contributed by atoms with Gasteiger partial charge in [-0.2, -0.15) is 0 Å². The molecule has 2 saturated heterocycles. The topological polar surface area (TPSA) is 91.4 Å². The van der Waals surface area contributed by atoms with Crippen molar-refractivity contribution in [3.8, 4) is 0 Å². The molecule has 3 heterocycles. The lowest BCUT2D eigenvalue weighted by Gasteiger charge is -2.21. The summed E-state index contributed by atoms with van der Waals surface area (Å²) in [5, 5.41) is 5.10. The quantitative estimate of drug-likeness (QED) is 0.589. The van der Waals surface area contributed by atoms with Crippen molar-refractivity contribution in [3.63, 3.8) is 0 Å². The SMILES string of the molecule is O=C1NC(=O)C2(CCN(C(=O)c3cc(Cl)ncc3Cl)C2)N1. The van der Waals surface area contributed by atoms with Crippen LogP contribution in [-0.2, 0) is 4.79 Å². The number of likely N-dealkylation sites (tertiary alicyclic amines) is 1. The van der Waals surface area contributed by atoms with Crippen molar-refractivity contribution in [3.05, 3.63) is 28.0 Å². The molecule has 1 unspecified atom stereocenters. The fraction of sp³-hybridized carbons (Fsp3) is 0.333. The predicted molar refractivity (Wildman–Crippen MR) is 74.2 cm³/mol. The molecule has 2 aliphatic heterocycles. The number of nitrogens with one attached hydrogen (secondary N) is 2. The molecule has 0 bridgehead atoms. The van der Waals surface area contributed by atoms with Gasteiger partial charge in [-0.25, -0.2) is 9.78 Å². The first-order valence-electron chi connectivity index (χ1n) is 6.15. The number of halogens is 2.